The van der Waals surface area contributed by atoms with Crippen molar-refractivity contribution in [3.63, 3.8) is 0 Å². The molecular weight excluding hydrogens is 384 g/mol. The molecule has 0 fully saturated rings. The molecule has 2 aromatic carbocycles. The van der Waals surface area contributed by atoms with Gasteiger partial charge in [-0.2, -0.15) is 0 Å². The summed E-state index contributed by atoms with van der Waals surface area (Å²) in [4.78, 5) is 12.1. The fraction of sp³-hybridized carbons (Fsp3) is 0.150. The number of benzene rings is 2. The zero-order valence-electron chi connectivity index (χ0n) is 14.8. The number of ether oxygens (including phenoxy) is 3. The maximum absolute atomic E-state index is 12.1. The van der Waals surface area contributed by atoms with Crippen LogP contribution in [0.4, 0.5) is 0 Å². The summed E-state index contributed by atoms with van der Waals surface area (Å²) in [5.74, 6) is 1.06. The van der Waals surface area contributed by atoms with Gasteiger partial charge in [0.25, 0.3) is 5.89 Å². The van der Waals surface area contributed by atoms with Gasteiger partial charge in [0.15, 0.2) is 17.6 Å². The van der Waals surface area contributed by atoms with Gasteiger partial charge in [0.05, 0.1) is 5.02 Å². The van der Waals surface area contributed by atoms with E-state index in [0.29, 0.717) is 28.0 Å². The highest BCUT2D eigenvalue weighted by Gasteiger charge is 2.19. The second-order valence-electron chi connectivity index (χ2n) is 5.96. The van der Waals surface area contributed by atoms with Gasteiger partial charge in [-0.15, -0.1) is 10.2 Å². The Morgan fingerprint density at radius 3 is 2.86 bits per heavy atom. The largest absolute Gasteiger partial charge is 0.454 e. The van der Waals surface area contributed by atoms with Crippen molar-refractivity contribution >= 4 is 23.6 Å². The number of hydrogen-bond acceptors (Lipinski definition) is 7. The first-order valence-electron chi connectivity index (χ1n) is 8.47. The SMILES string of the molecule is C[C@@H](OC(=O)/C=C/c1cc(Cl)c2c(c1)OCO2)c1nnc(-c2ccccc2)o1. The molecule has 0 radical (unpaired) electrons. The Balaban J connectivity index is 1.41. The lowest BCUT2D eigenvalue weighted by molar-refractivity contribution is -0.143. The number of aromatic nitrogens is 2. The second-order valence-corrected chi connectivity index (χ2v) is 6.37. The highest BCUT2D eigenvalue weighted by Crippen LogP contribution is 2.40. The van der Waals surface area contributed by atoms with Gasteiger partial charge < -0.3 is 18.6 Å². The Hall–Kier alpha value is -3.32. The minimum Gasteiger partial charge on any atom is -0.454 e. The number of nitrogens with zero attached hydrogens (tertiary/aromatic N) is 2. The molecule has 0 unspecified atom stereocenters. The van der Waals surface area contributed by atoms with Crippen molar-refractivity contribution in [1.82, 2.24) is 10.2 Å². The van der Waals surface area contributed by atoms with Crippen molar-refractivity contribution in [3.05, 3.63) is 65.0 Å². The fourth-order valence-electron chi connectivity index (χ4n) is 2.61. The Morgan fingerprint density at radius 2 is 2.04 bits per heavy atom. The summed E-state index contributed by atoms with van der Waals surface area (Å²) in [6.45, 7) is 1.78. The molecule has 1 aliphatic rings. The molecule has 1 atom stereocenters. The van der Waals surface area contributed by atoms with E-state index in [1.807, 2.05) is 30.3 Å². The Bertz CT molecular complexity index is 1030. The quantitative estimate of drug-likeness (QED) is 0.464. The van der Waals surface area contributed by atoms with Crippen molar-refractivity contribution in [2.45, 2.75) is 13.0 Å². The van der Waals surface area contributed by atoms with Crippen molar-refractivity contribution in [3.8, 4) is 23.0 Å². The van der Waals surface area contributed by atoms with Crippen molar-refractivity contribution in [2.75, 3.05) is 6.79 Å². The summed E-state index contributed by atoms with van der Waals surface area (Å²) in [5, 5.41) is 8.35. The van der Waals surface area contributed by atoms with Crippen LogP contribution in [0.1, 0.15) is 24.5 Å². The molecule has 0 saturated heterocycles. The smallest absolute Gasteiger partial charge is 0.331 e. The lowest BCUT2D eigenvalue weighted by Crippen LogP contribution is -2.06. The van der Waals surface area contributed by atoms with E-state index in [9.17, 15) is 4.79 Å². The summed E-state index contributed by atoms with van der Waals surface area (Å²) in [7, 11) is 0. The first kappa shape index (κ1) is 18.1. The monoisotopic (exact) mass is 398 g/mol. The third-order valence-corrected chi connectivity index (χ3v) is 4.24. The van der Waals surface area contributed by atoms with Crippen molar-refractivity contribution in [2.24, 2.45) is 0 Å². The average molecular weight is 399 g/mol. The van der Waals surface area contributed by atoms with Crippen molar-refractivity contribution < 1.29 is 23.4 Å². The molecule has 28 heavy (non-hydrogen) atoms. The molecule has 0 spiro atoms. The normalized spacial score (nSPS) is 13.6. The molecule has 8 heteroatoms. The maximum Gasteiger partial charge on any atom is 0.331 e. The molecule has 1 aliphatic heterocycles. The number of rotatable bonds is 5. The Morgan fingerprint density at radius 1 is 1.21 bits per heavy atom. The lowest BCUT2D eigenvalue weighted by Gasteiger charge is -2.07. The van der Waals surface area contributed by atoms with Crippen LogP contribution in [0, 0.1) is 0 Å². The highest BCUT2D eigenvalue weighted by atomic mass is 35.5. The lowest BCUT2D eigenvalue weighted by atomic mass is 10.2. The molecule has 4 rings (SSSR count). The molecule has 142 valence electrons. The molecule has 0 saturated carbocycles. The Kier molecular flexibility index (Phi) is 4.99. The molecule has 0 bridgehead atoms. The fourth-order valence-corrected chi connectivity index (χ4v) is 2.88. The number of fused-ring (bicyclic) bond motifs is 1. The number of carbonyl (C=O) groups is 1. The van der Waals surface area contributed by atoms with Gasteiger partial charge in [0.1, 0.15) is 0 Å². The molecule has 3 aromatic rings. The van der Waals surface area contributed by atoms with E-state index < -0.39 is 12.1 Å². The number of hydrogen-bond donors (Lipinski definition) is 0. The van der Waals surface area contributed by atoms with Crippen LogP contribution in [0.5, 0.6) is 11.5 Å². The standard InChI is InChI=1S/C20H15ClN2O5/c1-12(19-22-23-20(28-19)14-5-3-2-4-6-14)27-17(24)8-7-13-9-15(21)18-16(10-13)25-11-26-18/h2-10,12H,11H2,1H3/b8-7+/t12-/m1/s1. The van der Waals surface area contributed by atoms with E-state index in [1.54, 1.807) is 25.1 Å². The van der Waals surface area contributed by atoms with Gasteiger partial charge in [-0.05, 0) is 42.8 Å². The van der Waals surface area contributed by atoms with Crippen LogP contribution in [0.2, 0.25) is 5.02 Å². The maximum atomic E-state index is 12.1. The summed E-state index contributed by atoms with van der Waals surface area (Å²) >= 11 is 6.12. The van der Waals surface area contributed by atoms with Crippen LogP contribution in [-0.4, -0.2) is 23.0 Å². The predicted molar refractivity (Wildman–Crippen MR) is 101 cm³/mol. The van der Waals surface area contributed by atoms with Crippen LogP contribution < -0.4 is 9.47 Å². The number of carbonyl (C=O) groups excluding carboxylic acids is 1. The van der Waals surface area contributed by atoms with Gasteiger partial charge in [0.2, 0.25) is 12.7 Å². The number of esters is 1. The van der Waals surface area contributed by atoms with E-state index in [1.165, 1.54) is 6.08 Å². The van der Waals surface area contributed by atoms with Gasteiger partial charge in [-0.3, -0.25) is 0 Å². The molecule has 2 heterocycles. The number of halogens is 1. The minimum atomic E-state index is -0.692. The zero-order chi connectivity index (χ0) is 19.5. The van der Waals surface area contributed by atoms with E-state index in [2.05, 4.69) is 10.2 Å². The average Bonchev–Trinajstić information content (AvgIpc) is 3.37. The topological polar surface area (TPSA) is 83.7 Å². The summed E-state index contributed by atoms with van der Waals surface area (Å²) in [6.07, 6.45) is 2.17. The molecule has 0 amide bonds. The van der Waals surface area contributed by atoms with E-state index in [4.69, 9.17) is 30.2 Å². The van der Waals surface area contributed by atoms with Crippen LogP contribution in [0.15, 0.2) is 53.0 Å². The summed E-state index contributed by atoms with van der Waals surface area (Å²) in [5.41, 5.74) is 1.47. The predicted octanol–water partition coefficient (Wildman–Crippen LogP) is 4.44. The minimum absolute atomic E-state index is 0.122. The van der Waals surface area contributed by atoms with Gasteiger partial charge in [-0.25, -0.2) is 4.79 Å². The third kappa shape index (κ3) is 3.84. The molecule has 0 aliphatic carbocycles. The first-order valence-corrected chi connectivity index (χ1v) is 8.84. The first-order chi connectivity index (χ1) is 13.6. The van der Waals surface area contributed by atoms with E-state index in [-0.39, 0.29) is 12.7 Å². The molecular formula is C20H15ClN2O5. The van der Waals surface area contributed by atoms with Crippen LogP contribution in [-0.2, 0) is 9.53 Å². The molecule has 0 N–H and O–H groups in total. The third-order valence-electron chi connectivity index (χ3n) is 3.96. The van der Waals surface area contributed by atoms with Crippen LogP contribution in [0.25, 0.3) is 17.5 Å². The van der Waals surface area contributed by atoms with Crippen molar-refractivity contribution in [1.29, 1.82) is 0 Å². The van der Waals surface area contributed by atoms with Gasteiger partial charge in [0, 0.05) is 11.6 Å². The molecule has 7 nitrogen and oxygen atoms in total. The second kappa shape index (κ2) is 7.74. The zero-order valence-corrected chi connectivity index (χ0v) is 15.6. The van der Waals surface area contributed by atoms with Crippen LogP contribution in [0.3, 0.4) is 0 Å². The summed E-state index contributed by atoms with van der Waals surface area (Å²) in [6, 6.07) is 12.7. The summed E-state index contributed by atoms with van der Waals surface area (Å²) < 4.78 is 21.5. The van der Waals surface area contributed by atoms with Gasteiger partial charge >= 0.3 is 5.97 Å². The highest BCUT2D eigenvalue weighted by molar-refractivity contribution is 6.32. The Labute approximate surface area is 165 Å². The van der Waals surface area contributed by atoms with Crippen LogP contribution >= 0.6 is 11.6 Å². The van der Waals surface area contributed by atoms with E-state index >= 15 is 0 Å². The molecule has 1 aromatic heterocycles. The van der Waals surface area contributed by atoms with E-state index in [0.717, 1.165) is 5.56 Å². The van der Waals surface area contributed by atoms with Gasteiger partial charge in [-0.1, -0.05) is 29.8 Å².